The molecule has 0 spiro atoms. The minimum Gasteiger partial charge on any atom is -0.371 e. The van der Waals surface area contributed by atoms with Crippen LogP contribution in [0.15, 0.2) is 46.2 Å². The Morgan fingerprint density at radius 2 is 2.00 bits per heavy atom. The van der Waals surface area contributed by atoms with E-state index in [1.807, 2.05) is 6.07 Å². The van der Waals surface area contributed by atoms with E-state index in [-0.39, 0.29) is 23.8 Å². The molecule has 0 radical (unpaired) electrons. The van der Waals surface area contributed by atoms with Crippen LogP contribution in [0.25, 0.3) is 11.2 Å². The first kappa shape index (κ1) is 17.3. The number of nitrogens with zero attached hydrogens (tertiary/aromatic N) is 7. The summed E-state index contributed by atoms with van der Waals surface area (Å²) in [6.07, 6.45) is 3.01. The summed E-state index contributed by atoms with van der Waals surface area (Å²) in [5.41, 5.74) is 1.56. The Balaban J connectivity index is 1.17. The topological polar surface area (TPSA) is 94.9 Å². The van der Waals surface area contributed by atoms with Gasteiger partial charge in [-0.25, -0.2) is 14.4 Å². The van der Waals surface area contributed by atoms with Crippen LogP contribution in [-0.4, -0.2) is 42.3 Å². The molecule has 10 heteroatoms. The Kier molecular flexibility index (Phi) is 3.59. The van der Waals surface area contributed by atoms with Crippen molar-refractivity contribution in [1.82, 2.24) is 29.2 Å². The molecule has 9 nitrogen and oxygen atoms in total. The normalized spacial score (nSPS) is 22.6. The Hall–Kier alpha value is -3.56. The molecule has 1 saturated heterocycles. The number of aryl methyl sites for hydroxylation is 1. The average molecular weight is 407 g/mol. The molecule has 1 aromatic carbocycles. The van der Waals surface area contributed by atoms with Crippen molar-refractivity contribution in [2.24, 2.45) is 18.9 Å². The summed E-state index contributed by atoms with van der Waals surface area (Å²) in [6, 6.07) is 6.69. The number of imidazole rings is 1. The van der Waals surface area contributed by atoms with Crippen molar-refractivity contribution in [3.8, 4) is 0 Å². The molecular formula is C20H18FN7O2. The lowest BCUT2D eigenvalue weighted by atomic mass is 10.2. The molecule has 2 atom stereocenters. The molecule has 4 aromatic rings. The van der Waals surface area contributed by atoms with Crippen LogP contribution in [0.2, 0.25) is 0 Å². The van der Waals surface area contributed by atoms with Gasteiger partial charge in [0.1, 0.15) is 18.7 Å². The van der Waals surface area contributed by atoms with Crippen molar-refractivity contribution in [2.75, 3.05) is 18.0 Å². The number of hydrogen-bond donors (Lipinski definition) is 0. The Labute approximate surface area is 169 Å². The fraction of sp³-hybridized carbons (Fsp3) is 0.350. The fourth-order valence-electron chi connectivity index (χ4n) is 4.59. The minimum atomic E-state index is -0.221. The molecule has 152 valence electrons. The number of halogens is 1. The standard InChI is InChI=1S/C20H18FN7O2/c1-26-9-22-19-17(26)20(29)28(10-23-19)8-15-24-18(25-30-15)16-13-6-27(7-14(13)16)12-4-2-3-11(21)5-12/h2-5,9-10,13-14,16H,6-8H2,1H3. The van der Waals surface area contributed by atoms with Crippen LogP contribution in [0, 0.1) is 17.7 Å². The molecule has 1 aliphatic carbocycles. The first-order valence-corrected chi connectivity index (χ1v) is 9.78. The zero-order chi connectivity index (χ0) is 20.4. The number of fused-ring (bicyclic) bond motifs is 2. The van der Waals surface area contributed by atoms with Crippen molar-refractivity contribution >= 4 is 16.9 Å². The van der Waals surface area contributed by atoms with Crippen LogP contribution in [0.4, 0.5) is 10.1 Å². The van der Waals surface area contributed by atoms with Gasteiger partial charge in [0.05, 0.1) is 6.33 Å². The highest BCUT2D eigenvalue weighted by atomic mass is 19.1. The minimum absolute atomic E-state index is 0.164. The van der Waals surface area contributed by atoms with Gasteiger partial charge in [-0.15, -0.1) is 0 Å². The summed E-state index contributed by atoms with van der Waals surface area (Å²) < 4.78 is 22.0. The van der Waals surface area contributed by atoms with Gasteiger partial charge in [-0.05, 0) is 30.0 Å². The number of anilines is 1. The van der Waals surface area contributed by atoms with Crippen molar-refractivity contribution < 1.29 is 8.91 Å². The lowest BCUT2D eigenvalue weighted by molar-refractivity contribution is 0.363. The van der Waals surface area contributed by atoms with E-state index in [0.29, 0.717) is 34.7 Å². The van der Waals surface area contributed by atoms with E-state index in [1.54, 1.807) is 30.1 Å². The van der Waals surface area contributed by atoms with E-state index < -0.39 is 0 Å². The Morgan fingerprint density at radius 3 is 2.80 bits per heavy atom. The summed E-state index contributed by atoms with van der Waals surface area (Å²) in [4.78, 5) is 27.7. The molecule has 2 fully saturated rings. The molecular weight excluding hydrogens is 389 g/mol. The zero-order valence-electron chi connectivity index (χ0n) is 16.1. The Morgan fingerprint density at radius 1 is 1.20 bits per heavy atom. The molecule has 4 heterocycles. The average Bonchev–Trinajstić information content (AvgIpc) is 3.16. The SMILES string of the molecule is Cn1cnc2ncn(Cc3nc(C4C5CN(c6cccc(F)c6)CC54)no3)c(=O)c21. The molecule has 0 bridgehead atoms. The summed E-state index contributed by atoms with van der Waals surface area (Å²) in [5, 5.41) is 4.15. The maximum absolute atomic E-state index is 13.5. The van der Waals surface area contributed by atoms with Crippen LogP contribution in [0.5, 0.6) is 0 Å². The predicted octanol–water partition coefficient (Wildman–Crippen LogP) is 1.55. The molecule has 30 heavy (non-hydrogen) atoms. The number of hydrogen-bond acceptors (Lipinski definition) is 7. The highest BCUT2D eigenvalue weighted by molar-refractivity contribution is 5.68. The van der Waals surface area contributed by atoms with Crippen LogP contribution >= 0.6 is 0 Å². The molecule has 6 rings (SSSR count). The molecule has 0 amide bonds. The van der Waals surface area contributed by atoms with E-state index in [9.17, 15) is 9.18 Å². The lowest BCUT2D eigenvalue weighted by Gasteiger charge is -2.21. The first-order chi connectivity index (χ1) is 14.6. The quantitative estimate of drug-likeness (QED) is 0.507. The molecule has 1 aliphatic heterocycles. The maximum Gasteiger partial charge on any atom is 0.280 e. The predicted molar refractivity (Wildman–Crippen MR) is 105 cm³/mol. The third kappa shape index (κ3) is 2.63. The van der Waals surface area contributed by atoms with Gasteiger partial charge in [0.2, 0.25) is 5.89 Å². The highest BCUT2D eigenvalue weighted by Crippen LogP contribution is 2.57. The van der Waals surface area contributed by atoms with Crippen molar-refractivity contribution in [2.45, 2.75) is 12.5 Å². The number of benzene rings is 1. The summed E-state index contributed by atoms with van der Waals surface area (Å²) in [7, 11) is 1.76. The second-order valence-corrected chi connectivity index (χ2v) is 7.99. The summed E-state index contributed by atoms with van der Waals surface area (Å²) >= 11 is 0. The maximum atomic E-state index is 13.5. The van der Waals surface area contributed by atoms with Crippen molar-refractivity contribution in [3.63, 3.8) is 0 Å². The third-order valence-electron chi connectivity index (χ3n) is 6.16. The molecule has 0 N–H and O–H groups in total. The van der Waals surface area contributed by atoms with E-state index in [1.165, 1.54) is 17.0 Å². The van der Waals surface area contributed by atoms with E-state index >= 15 is 0 Å². The first-order valence-electron chi connectivity index (χ1n) is 9.78. The van der Waals surface area contributed by atoms with E-state index in [2.05, 4.69) is 25.0 Å². The van der Waals surface area contributed by atoms with Crippen molar-refractivity contribution in [3.05, 3.63) is 64.8 Å². The van der Waals surface area contributed by atoms with Crippen LogP contribution in [-0.2, 0) is 13.6 Å². The van der Waals surface area contributed by atoms with Gasteiger partial charge in [0.15, 0.2) is 17.0 Å². The van der Waals surface area contributed by atoms with Gasteiger partial charge < -0.3 is 14.0 Å². The smallest absolute Gasteiger partial charge is 0.280 e. The van der Waals surface area contributed by atoms with E-state index in [0.717, 1.165) is 18.8 Å². The highest BCUT2D eigenvalue weighted by Gasteiger charge is 2.58. The van der Waals surface area contributed by atoms with Crippen LogP contribution in [0.3, 0.4) is 0 Å². The monoisotopic (exact) mass is 407 g/mol. The molecule has 1 saturated carbocycles. The van der Waals surface area contributed by atoms with E-state index in [4.69, 9.17) is 4.52 Å². The molecule has 2 aliphatic rings. The molecule has 2 unspecified atom stereocenters. The largest absolute Gasteiger partial charge is 0.371 e. The zero-order valence-corrected chi connectivity index (χ0v) is 16.1. The van der Waals surface area contributed by atoms with Gasteiger partial charge in [0, 0.05) is 31.7 Å². The van der Waals surface area contributed by atoms with Crippen LogP contribution < -0.4 is 10.5 Å². The molecule has 3 aromatic heterocycles. The number of rotatable bonds is 4. The lowest BCUT2D eigenvalue weighted by Crippen LogP contribution is -2.24. The van der Waals surface area contributed by atoms with Gasteiger partial charge in [-0.3, -0.25) is 9.36 Å². The fourth-order valence-corrected chi connectivity index (χ4v) is 4.59. The van der Waals surface area contributed by atoms with Gasteiger partial charge in [0.25, 0.3) is 5.56 Å². The summed E-state index contributed by atoms with van der Waals surface area (Å²) in [5.74, 6) is 1.97. The number of piperidine rings is 1. The second-order valence-electron chi connectivity index (χ2n) is 7.99. The van der Waals surface area contributed by atoms with Crippen molar-refractivity contribution in [1.29, 1.82) is 0 Å². The third-order valence-corrected chi connectivity index (χ3v) is 6.16. The van der Waals surface area contributed by atoms with Gasteiger partial charge in [-0.2, -0.15) is 4.98 Å². The number of aromatic nitrogens is 6. The van der Waals surface area contributed by atoms with Gasteiger partial charge >= 0.3 is 0 Å². The summed E-state index contributed by atoms with van der Waals surface area (Å²) in [6.45, 7) is 1.86. The second kappa shape index (κ2) is 6.22. The Bertz CT molecular complexity index is 1310. The van der Waals surface area contributed by atoms with Gasteiger partial charge in [-0.1, -0.05) is 11.2 Å². The van der Waals surface area contributed by atoms with Crippen LogP contribution in [0.1, 0.15) is 17.6 Å².